The molecular weight excluding hydrogens is 244 g/mol. The molecule has 0 amide bonds. The van der Waals surface area contributed by atoms with Crippen LogP contribution in [0, 0.1) is 0 Å². The SMILES string of the molecule is O=Cc1cc(Br)cc(C2CCC2)c1O. The number of rotatable bonds is 2. The summed E-state index contributed by atoms with van der Waals surface area (Å²) in [5.41, 5.74) is 1.29. The van der Waals surface area contributed by atoms with Crippen molar-refractivity contribution >= 4 is 22.2 Å². The van der Waals surface area contributed by atoms with Gasteiger partial charge in [-0.1, -0.05) is 22.4 Å². The summed E-state index contributed by atoms with van der Waals surface area (Å²) in [5, 5.41) is 9.80. The van der Waals surface area contributed by atoms with E-state index in [9.17, 15) is 9.90 Å². The minimum atomic E-state index is 0.160. The second-order valence-corrected chi connectivity index (χ2v) is 4.59. The maximum Gasteiger partial charge on any atom is 0.153 e. The molecule has 2 rings (SSSR count). The van der Waals surface area contributed by atoms with Crippen LogP contribution in [0.3, 0.4) is 0 Å². The average Bonchev–Trinajstić information content (AvgIpc) is 2.07. The molecule has 1 aliphatic carbocycles. The molecule has 0 spiro atoms. The van der Waals surface area contributed by atoms with Gasteiger partial charge in [-0.05, 0) is 36.5 Å². The monoisotopic (exact) mass is 254 g/mol. The lowest BCUT2D eigenvalue weighted by molar-refractivity contribution is 0.112. The van der Waals surface area contributed by atoms with E-state index in [1.165, 1.54) is 6.42 Å². The van der Waals surface area contributed by atoms with Crippen LogP contribution in [0.5, 0.6) is 5.75 Å². The molecule has 0 unspecified atom stereocenters. The zero-order valence-corrected chi connectivity index (χ0v) is 9.25. The fourth-order valence-electron chi connectivity index (χ4n) is 1.76. The first-order chi connectivity index (χ1) is 6.72. The summed E-state index contributed by atoms with van der Waals surface area (Å²) in [6, 6.07) is 3.55. The molecule has 0 heterocycles. The maximum absolute atomic E-state index is 10.7. The quantitative estimate of drug-likeness (QED) is 0.823. The Kier molecular flexibility index (Phi) is 2.59. The number of aromatic hydroxyl groups is 1. The third-order valence-electron chi connectivity index (χ3n) is 2.81. The number of hydrogen-bond acceptors (Lipinski definition) is 2. The standard InChI is InChI=1S/C11H11BrO2/c12-9-4-8(6-13)11(14)10(5-9)7-2-1-3-7/h4-7,14H,1-3H2. The van der Waals surface area contributed by atoms with Crippen molar-refractivity contribution in [1.82, 2.24) is 0 Å². The summed E-state index contributed by atoms with van der Waals surface area (Å²) >= 11 is 3.34. The van der Waals surface area contributed by atoms with E-state index in [0.29, 0.717) is 17.8 Å². The molecule has 0 aromatic heterocycles. The van der Waals surface area contributed by atoms with E-state index in [1.54, 1.807) is 6.07 Å². The van der Waals surface area contributed by atoms with E-state index < -0.39 is 0 Å². The molecular formula is C11H11BrO2. The highest BCUT2D eigenvalue weighted by Crippen LogP contribution is 2.42. The molecule has 0 atom stereocenters. The fourth-order valence-corrected chi connectivity index (χ4v) is 2.26. The zero-order chi connectivity index (χ0) is 10.1. The van der Waals surface area contributed by atoms with Crippen molar-refractivity contribution in [3.8, 4) is 5.75 Å². The fraction of sp³-hybridized carbons (Fsp3) is 0.364. The topological polar surface area (TPSA) is 37.3 Å². The number of hydrogen-bond donors (Lipinski definition) is 1. The second kappa shape index (κ2) is 3.73. The minimum absolute atomic E-state index is 0.160. The number of benzene rings is 1. The van der Waals surface area contributed by atoms with Gasteiger partial charge in [0.25, 0.3) is 0 Å². The highest BCUT2D eigenvalue weighted by atomic mass is 79.9. The molecule has 74 valence electrons. The number of carbonyl (C=O) groups excluding carboxylic acids is 1. The van der Waals surface area contributed by atoms with Crippen LogP contribution in [0.25, 0.3) is 0 Å². The van der Waals surface area contributed by atoms with Gasteiger partial charge < -0.3 is 5.11 Å². The van der Waals surface area contributed by atoms with Crippen molar-refractivity contribution in [3.05, 3.63) is 27.7 Å². The predicted molar refractivity (Wildman–Crippen MR) is 57.8 cm³/mol. The van der Waals surface area contributed by atoms with E-state index in [1.807, 2.05) is 6.07 Å². The van der Waals surface area contributed by atoms with E-state index in [-0.39, 0.29) is 5.75 Å². The Balaban J connectivity index is 2.46. The lowest BCUT2D eigenvalue weighted by Gasteiger charge is -2.27. The van der Waals surface area contributed by atoms with Gasteiger partial charge in [-0.25, -0.2) is 0 Å². The molecule has 1 N–H and O–H groups in total. The van der Waals surface area contributed by atoms with Crippen LogP contribution in [0.2, 0.25) is 0 Å². The Morgan fingerprint density at radius 3 is 2.64 bits per heavy atom. The summed E-state index contributed by atoms with van der Waals surface area (Å²) in [5.74, 6) is 0.596. The molecule has 1 aliphatic rings. The summed E-state index contributed by atoms with van der Waals surface area (Å²) in [6.07, 6.45) is 4.14. The second-order valence-electron chi connectivity index (χ2n) is 3.68. The van der Waals surface area contributed by atoms with Crippen molar-refractivity contribution in [1.29, 1.82) is 0 Å². The molecule has 0 aliphatic heterocycles. The van der Waals surface area contributed by atoms with Gasteiger partial charge in [-0.2, -0.15) is 0 Å². The molecule has 3 heteroatoms. The van der Waals surface area contributed by atoms with Gasteiger partial charge in [0, 0.05) is 4.47 Å². The van der Waals surface area contributed by atoms with Crippen molar-refractivity contribution < 1.29 is 9.90 Å². The molecule has 1 fully saturated rings. The summed E-state index contributed by atoms with van der Waals surface area (Å²) in [4.78, 5) is 10.7. The predicted octanol–water partition coefficient (Wildman–Crippen LogP) is 3.23. The highest BCUT2D eigenvalue weighted by molar-refractivity contribution is 9.10. The lowest BCUT2D eigenvalue weighted by Crippen LogP contribution is -2.09. The third-order valence-corrected chi connectivity index (χ3v) is 3.26. The van der Waals surface area contributed by atoms with Gasteiger partial charge in [0.2, 0.25) is 0 Å². The van der Waals surface area contributed by atoms with E-state index in [4.69, 9.17) is 0 Å². The van der Waals surface area contributed by atoms with Crippen molar-refractivity contribution in [2.24, 2.45) is 0 Å². The molecule has 1 saturated carbocycles. The Hall–Kier alpha value is -0.830. The Labute approximate surface area is 91.1 Å². The van der Waals surface area contributed by atoms with Crippen molar-refractivity contribution in [2.75, 3.05) is 0 Å². The summed E-state index contributed by atoms with van der Waals surface area (Å²) in [7, 11) is 0. The number of phenols is 1. The van der Waals surface area contributed by atoms with Crippen molar-refractivity contribution in [2.45, 2.75) is 25.2 Å². The van der Waals surface area contributed by atoms with Crippen LogP contribution >= 0.6 is 15.9 Å². The number of aldehydes is 1. The van der Waals surface area contributed by atoms with Crippen LogP contribution in [0.1, 0.15) is 41.1 Å². The Bertz CT molecular complexity index is 370. The molecule has 1 aromatic carbocycles. The smallest absolute Gasteiger partial charge is 0.153 e. The molecule has 0 saturated heterocycles. The molecule has 1 aromatic rings. The average molecular weight is 255 g/mol. The number of carbonyl (C=O) groups is 1. The number of halogens is 1. The van der Waals surface area contributed by atoms with Crippen LogP contribution < -0.4 is 0 Å². The molecule has 0 bridgehead atoms. The Morgan fingerprint density at radius 2 is 2.14 bits per heavy atom. The Morgan fingerprint density at radius 1 is 1.43 bits per heavy atom. The molecule has 2 nitrogen and oxygen atoms in total. The van der Waals surface area contributed by atoms with Gasteiger partial charge >= 0.3 is 0 Å². The van der Waals surface area contributed by atoms with E-state index in [2.05, 4.69) is 15.9 Å². The highest BCUT2D eigenvalue weighted by Gasteiger charge is 2.23. The zero-order valence-electron chi connectivity index (χ0n) is 7.66. The first kappa shape index (κ1) is 9.71. The van der Waals surface area contributed by atoms with Gasteiger partial charge in [0.05, 0.1) is 5.56 Å². The van der Waals surface area contributed by atoms with Gasteiger partial charge in [-0.3, -0.25) is 4.79 Å². The van der Waals surface area contributed by atoms with Crippen LogP contribution in [0.4, 0.5) is 0 Å². The summed E-state index contributed by atoms with van der Waals surface area (Å²) < 4.78 is 0.860. The summed E-state index contributed by atoms with van der Waals surface area (Å²) in [6.45, 7) is 0. The van der Waals surface area contributed by atoms with Crippen LogP contribution in [0.15, 0.2) is 16.6 Å². The largest absolute Gasteiger partial charge is 0.507 e. The van der Waals surface area contributed by atoms with Gasteiger partial charge in [-0.15, -0.1) is 0 Å². The minimum Gasteiger partial charge on any atom is -0.507 e. The van der Waals surface area contributed by atoms with E-state index >= 15 is 0 Å². The van der Waals surface area contributed by atoms with Gasteiger partial charge in [0.15, 0.2) is 6.29 Å². The normalized spacial score (nSPS) is 16.4. The van der Waals surface area contributed by atoms with Gasteiger partial charge in [0.1, 0.15) is 5.75 Å². The van der Waals surface area contributed by atoms with Crippen LogP contribution in [-0.4, -0.2) is 11.4 Å². The van der Waals surface area contributed by atoms with Crippen molar-refractivity contribution in [3.63, 3.8) is 0 Å². The first-order valence-electron chi connectivity index (χ1n) is 4.70. The lowest BCUT2D eigenvalue weighted by atomic mass is 9.79. The third kappa shape index (κ3) is 1.57. The van der Waals surface area contributed by atoms with E-state index in [0.717, 1.165) is 22.9 Å². The van der Waals surface area contributed by atoms with Crippen LogP contribution in [-0.2, 0) is 0 Å². The number of phenolic OH excluding ortho intramolecular Hbond substituents is 1. The molecule has 14 heavy (non-hydrogen) atoms. The maximum atomic E-state index is 10.7. The molecule has 0 radical (unpaired) electrons. The first-order valence-corrected chi connectivity index (χ1v) is 5.49.